The van der Waals surface area contributed by atoms with Crippen molar-refractivity contribution in [1.82, 2.24) is 9.78 Å². The van der Waals surface area contributed by atoms with Gasteiger partial charge < -0.3 is 10.1 Å². The van der Waals surface area contributed by atoms with Crippen LogP contribution in [-0.2, 0) is 17.5 Å². The first-order chi connectivity index (χ1) is 13.9. The fourth-order valence-electron chi connectivity index (χ4n) is 2.53. The Balaban J connectivity index is 1.55. The van der Waals surface area contributed by atoms with Gasteiger partial charge in [-0.3, -0.25) is 9.48 Å². The molecule has 0 fully saturated rings. The molecule has 3 rings (SSSR count). The van der Waals surface area contributed by atoms with E-state index in [1.54, 1.807) is 35.1 Å². The number of halogens is 3. The van der Waals surface area contributed by atoms with Gasteiger partial charge in [0.05, 0.1) is 12.1 Å². The third-order valence-electron chi connectivity index (χ3n) is 3.89. The molecule has 8 heteroatoms. The lowest BCUT2D eigenvalue weighted by Crippen LogP contribution is -2.10. The van der Waals surface area contributed by atoms with Crippen molar-refractivity contribution >= 4 is 17.7 Å². The Kier molecular flexibility index (Phi) is 6.33. The van der Waals surface area contributed by atoms with E-state index in [0.29, 0.717) is 24.6 Å². The number of carbonyl (C=O) groups excluding carboxylic acids is 1. The summed E-state index contributed by atoms with van der Waals surface area (Å²) in [6, 6.07) is 13.4. The van der Waals surface area contributed by atoms with Crippen LogP contribution in [0.3, 0.4) is 0 Å². The molecule has 29 heavy (non-hydrogen) atoms. The van der Waals surface area contributed by atoms with Gasteiger partial charge in [-0.05, 0) is 42.0 Å². The molecule has 1 N–H and O–H groups in total. The lowest BCUT2D eigenvalue weighted by molar-refractivity contribution is -0.137. The highest BCUT2D eigenvalue weighted by Gasteiger charge is 2.30. The van der Waals surface area contributed by atoms with Crippen molar-refractivity contribution < 1.29 is 22.7 Å². The van der Waals surface area contributed by atoms with Crippen LogP contribution < -0.4 is 10.1 Å². The molecule has 0 aliphatic carbocycles. The molecular formula is C21H18F3N3O2. The average Bonchev–Trinajstić information content (AvgIpc) is 3.20. The van der Waals surface area contributed by atoms with Crippen LogP contribution >= 0.6 is 0 Å². The Morgan fingerprint density at radius 1 is 1.14 bits per heavy atom. The van der Waals surface area contributed by atoms with E-state index < -0.39 is 17.6 Å². The second-order valence-corrected chi connectivity index (χ2v) is 6.09. The molecule has 0 aliphatic rings. The van der Waals surface area contributed by atoms with Gasteiger partial charge in [-0.25, -0.2) is 0 Å². The molecule has 2 aromatic carbocycles. The number of amides is 1. The number of carbonyl (C=O) groups is 1. The minimum absolute atomic E-state index is 0.283. The molecule has 0 radical (unpaired) electrons. The number of aromatic nitrogens is 2. The van der Waals surface area contributed by atoms with Crippen molar-refractivity contribution in [3.05, 3.63) is 84.2 Å². The third-order valence-corrected chi connectivity index (χ3v) is 3.89. The van der Waals surface area contributed by atoms with E-state index >= 15 is 0 Å². The van der Waals surface area contributed by atoms with Crippen molar-refractivity contribution in [2.45, 2.75) is 12.7 Å². The molecule has 0 atom stereocenters. The standard InChI is InChI=1S/C21H18F3N3O2/c22-21(23,24)17-5-1-4-16(14-17)8-9-20(28)26-18-6-2-7-19(15-18)29-13-12-27-11-3-10-25-27/h1-11,14-15H,12-13H2,(H,26,28)/b9-8+. The molecule has 1 amide bonds. The summed E-state index contributed by atoms with van der Waals surface area (Å²) in [6.45, 7) is 0.998. The Hall–Kier alpha value is -3.55. The van der Waals surface area contributed by atoms with Gasteiger partial charge in [-0.15, -0.1) is 0 Å². The normalized spacial score (nSPS) is 11.6. The number of ether oxygens (including phenoxy) is 1. The summed E-state index contributed by atoms with van der Waals surface area (Å²) in [5, 5.41) is 6.73. The second-order valence-electron chi connectivity index (χ2n) is 6.09. The monoisotopic (exact) mass is 401 g/mol. The summed E-state index contributed by atoms with van der Waals surface area (Å²) in [6.07, 6.45) is 1.60. The summed E-state index contributed by atoms with van der Waals surface area (Å²) in [7, 11) is 0. The largest absolute Gasteiger partial charge is 0.492 e. The van der Waals surface area contributed by atoms with Gasteiger partial charge in [0.15, 0.2) is 0 Å². The predicted molar refractivity (Wildman–Crippen MR) is 103 cm³/mol. The summed E-state index contributed by atoms with van der Waals surface area (Å²) in [4.78, 5) is 12.1. The minimum atomic E-state index is -4.43. The fraction of sp³-hybridized carbons (Fsp3) is 0.143. The fourth-order valence-corrected chi connectivity index (χ4v) is 2.53. The first-order valence-corrected chi connectivity index (χ1v) is 8.77. The van der Waals surface area contributed by atoms with E-state index in [2.05, 4.69) is 10.4 Å². The second kappa shape index (κ2) is 9.09. The Morgan fingerprint density at radius 3 is 2.72 bits per heavy atom. The summed E-state index contributed by atoms with van der Waals surface area (Å²) >= 11 is 0. The van der Waals surface area contributed by atoms with E-state index in [4.69, 9.17) is 4.74 Å². The maximum atomic E-state index is 12.7. The number of hydrogen-bond donors (Lipinski definition) is 1. The van der Waals surface area contributed by atoms with Crippen molar-refractivity contribution in [3.8, 4) is 5.75 Å². The highest BCUT2D eigenvalue weighted by molar-refractivity contribution is 6.02. The van der Waals surface area contributed by atoms with Crippen molar-refractivity contribution in [3.63, 3.8) is 0 Å². The van der Waals surface area contributed by atoms with Crippen molar-refractivity contribution in [2.75, 3.05) is 11.9 Å². The maximum absolute atomic E-state index is 12.7. The van der Waals surface area contributed by atoms with Crippen LogP contribution in [0.5, 0.6) is 5.75 Å². The van der Waals surface area contributed by atoms with E-state index in [1.165, 1.54) is 24.3 Å². The van der Waals surface area contributed by atoms with Crippen LogP contribution in [-0.4, -0.2) is 22.3 Å². The van der Waals surface area contributed by atoms with Gasteiger partial charge in [0, 0.05) is 30.2 Å². The molecule has 0 saturated heterocycles. The molecule has 0 aliphatic heterocycles. The van der Waals surface area contributed by atoms with E-state index in [-0.39, 0.29) is 5.56 Å². The van der Waals surface area contributed by atoms with Crippen LogP contribution in [0.15, 0.2) is 73.1 Å². The summed E-state index contributed by atoms with van der Waals surface area (Å²) in [5.74, 6) is 0.118. The smallest absolute Gasteiger partial charge is 0.416 e. The first kappa shape index (κ1) is 20.2. The zero-order valence-corrected chi connectivity index (χ0v) is 15.3. The molecule has 1 aromatic heterocycles. The number of hydrogen-bond acceptors (Lipinski definition) is 3. The molecule has 1 heterocycles. The number of nitrogens with zero attached hydrogens (tertiary/aromatic N) is 2. The number of nitrogens with one attached hydrogen (secondary N) is 1. The molecule has 0 spiro atoms. The van der Waals surface area contributed by atoms with Crippen LogP contribution in [0.1, 0.15) is 11.1 Å². The Labute approximate surface area is 165 Å². The number of rotatable bonds is 7. The highest BCUT2D eigenvalue weighted by Crippen LogP contribution is 2.29. The molecule has 0 bridgehead atoms. The van der Waals surface area contributed by atoms with E-state index in [0.717, 1.165) is 12.1 Å². The molecule has 3 aromatic rings. The lowest BCUT2D eigenvalue weighted by atomic mass is 10.1. The maximum Gasteiger partial charge on any atom is 0.416 e. The van der Waals surface area contributed by atoms with Crippen LogP contribution in [0.4, 0.5) is 18.9 Å². The van der Waals surface area contributed by atoms with Gasteiger partial charge in [0.1, 0.15) is 12.4 Å². The summed E-state index contributed by atoms with van der Waals surface area (Å²) in [5.41, 5.74) is 0.0333. The molecule has 150 valence electrons. The zero-order valence-electron chi connectivity index (χ0n) is 15.3. The van der Waals surface area contributed by atoms with Gasteiger partial charge in [0.25, 0.3) is 0 Å². The summed E-state index contributed by atoms with van der Waals surface area (Å²) < 4.78 is 45.6. The molecular weight excluding hydrogens is 383 g/mol. The number of anilines is 1. The van der Waals surface area contributed by atoms with Crippen LogP contribution in [0.25, 0.3) is 6.08 Å². The third kappa shape index (κ3) is 6.24. The van der Waals surface area contributed by atoms with Crippen molar-refractivity contribution in [2.24, 2.45) is 0 Å². The zero-order chi connectivity index (χ0) is 20.7. The predicted octanol–water partition coefficient (Wildman–Crippen LogP) is 4.63. The Morgan fingerprint density at radius 2 is 1.97 bits per heavy atom. The molecule has 5 nitrogen and oxygen atoms in total. The average molecular weight is 401 g/mol. The highest BCUT2D eigenvalue weighted by atomic mass is 19.4. The van der Waals surface area contributed by atoms with Gasteiger partial charge in [-0.2, -0.15) is 18.3 Å². The quantitative estimate of drug-likeness (QED) is 0.587. The van der Waals surface area contributed by atoms with Crippen molar-refractivity contribution in [1.29, 1.82) is 0 Å². The minimum Gasteiger partial charge on any atom is -0.492 e. The first-order valence-electron chi connectivity index (χ1n) is 8.77. The lowest BCUT2D eigenvalue weighted by Gasteiger charge is -2.09. The van der Waals surface area contributed by atoms with E-state index in [1.807, 2.05) is 12.3 Å². The number of alkyl halides is 3. The van der Waals surface area contributed by atoms with E-state index in [9.17, 15) is 18.0 Å². The van der Waals surface area contributed by atoms with Crippen LogP contribution in [0.2, 0.25) is 0 Å². The Bertz CT molecular complexity index is 983. The van der Waals surface area contributed by atoms with Gasteiger partial charge in [0.2, 0.25) is 5.91 Å². The van der Waals surface area contributed by atoms with Gasteiger partial charge >= 0.3 is 6.18 Å². The number of benzene rings is 2. The SMILES string of the molecule is O=C(/C=C/c1cccc(C(F)(F)F)c1)Nc1cccc(OCCn2cccn2)c1. The molecule has 0 saturated carbocycles. The topological polar surface area (TPSA) is 56.1 Å². The van der Waals surface area contributed by atoms with Crippen LogP contribution in [0, 0.1) is 0 Å². The van der Waals surface area contributed by atoms with Gasteiger partial charge in [-0.1, -0.05) is 18.2 Å². The molecule has 0 unspecified atom stereocenters.